The second-order valence-corrected chi connectivity index (χ2v) is 10.3. The number of rotatable bonds is 5. The molecule has 0 amide bonds. The minimum absolute atomic E-state index is 0.0383. The summed E-state index contributed by atoms with van der Waals surface area (Å²) in [6, 6.07) is 8.83. The zero-order valence-electron chi connectivity index (χ0n) is 20.3. The van der Waals surface area contributed by atoms with Crippen LogP contribution in [-0.4, -0.2) is 38.0 Å². The van der Waals surface area contributed by atoms with Crippen molar-refractivity contribution in [1.29, 1.82) is 0 Å². The SMILES string of the molecule is COC(=O)CC1COc2cc(O[C@@H]3CCc4c(B5OC(C)(C)C(C)(C)O5)ccc(F)c43)ccc21. The van der Waals surface area contributed by atoms with E-state index in [4.69, 9.17) is 23.5 Å². The Hall–Kier alpha value is -2.58. The molecule has 0 spiro atoms. The third-order valence-electron chi connectivity index (χ3n) is 7.61. The summed E-state index contributed by atoms with van der Waals surface area (Å²) >= 11 is 0. The highest BCUT2D eigenvalue weighted by molar-refractivity contribution is 6.62. The lowest BCUT2D eigenvalue weighted by Crippen LogP contribution is -2.41. The van der Waals surface area contributed by atoms with Gasteiger partial charge in [0.1, 0.15) is 23.4 Å². The molecule has 1 unspecified atom stereocenters. The number of carbonyl (C=O) groups is 1. The third-order valence-corrected chi connectivity index (χ3v) is 7.61. The predicted molar refractivity (Wildman–Crippen MR) is 125 cm³/mol. The Balaban J connectivity index is 1.37. The molecule has 1 saturated heterocycles. The molecular formula is C26H30BFO6. The molecule has 1 fully saturated rings. The normalized spacial score (nSPS) is 23.9. The van der Waals surface area contributed by atoms with Crippen LogP contribution in [0.4, 0.5) is 4.39 Å². The van der Waals surface area contributed by atoms with Gasteiger partial charge in [0, 0.05) is 23.1 Å². The van der Waals surface area contributed by atoms with E-state index < -0.39 is 24.4 Å². The fourth-order valence-corrected chi connectivity index (χ4v) is 4.96. The van der Waals surface area contributed by atoms with Crippen molar-refractivity contribution >= 4 is 18.6 Å². The minimum atomic E-state index is -0.543. The molecule has 2 aromatic rings. The lowest BCUT2D eigenvalue weighted by Gasteiger charge is -2.32. The van der Waals surface area contributed by atoms with E-state index >= 15 is 4.39 Å². The first-order valence-corrected chi connectivity index (χ1v) is 11.8. The molecule has 2 atom stereocenters. The fourth-order valence-electron chi connectivity index (χ4n) is 4.96. The van der Waals surface area contributed by atoms with E-state index in [-0.39, 0.29) is 24.1 Å². The van der Waals surface area contributed by atoms with Crippen molar-refractivity contribution in [3.63, 3.8) is 0 Å². The van der Waals surface area contributed by atoms with Crippen LogP contribution >= 0.6 is 0 Å². The third kappa shape index (κ3) is 3.87. The zero-order chi connectivity index (χ0) is 24.3. The Morgan fingerprint density at radius 1 is 1.15 bits per heavy atom. The number of carbonyl (C=O) groups excluding carboxylic acids is 1. The Bertz CT molecular complexity index is 1110. The summed E-state index contributed by atoms with van der Waals surface area (Å²) in [5, 5.41) is 0. The molecule has 180 valence electrons. The van der Waals surface area contributed by atoms with Gasteiger partial charge in [0.05, 0.1) is 31.3 Å². The molecule has 0 radical (unpaired) electrons. The summed E-state index contributed by atoms with van der Waals surface area (Å²) in [7, 11) is 0.838. The number of hydrogen-bond acceptors (Lipinski definition) is 6. The minimum Gasteiger partial charge on any atom is -0.492 e. The molecule has 3 aliphatic rings. The monoisotopic (exact) mass is 468 g/mol. The molecule has 1 aliphatic carbocycles. The highest BCUT2D eigenvalue weighted by atomic mass is 19.1. The largest absolute Gasteiger partial charge is 0.495 e. The van der Waals surface area contributed by atoms with E-state index in [2.05, 4.69) is 0 Å². The first-order valence-electron chi connectivity index (χ1n) is 11.8. The summed E-state index contributed by atoms with van der Waals surface area (Å²) < 4.78 is 44.3. The molecular weight excluding hydrogens is 438 g/mol. The van der Waals surface area contributed by atoms with Gasteiger partial charge < -0.3 is 23.5 Å². The average Bonchev–Trinajstić information content (AvgIpc) is 3.43. The molecule has 2 aromatic carbocycles. The highest BCUT2D eigenvalue weighted by Crippen LogP contribution is 2.42. The lowest BCUT2D eigenvalue weighted by molar-refractivity contribution is -0.141. The Kier molecular flexibility index (Phi) is 5.64. The number of esters is 1. The van der Waals surface area contributed by atoms with Crippen LogP contribution in [0.25, 0.3) is 0 Å². The maximum absolute atomic E-state index is 15.0. The van der Waals surface area contributed by atoms with Crippen LogP contribution in [-0.2, 0) is 25.3 Å². The van der Waals surface area contributed by atoms with Gasteiger partial charge in [-0.15, -0.1) is 0 Å². The summed E-state index contributed by atoms with van der Waals surface area (Å²) in [6.45, 7) is 8.46. The van der Waals surface area contributed by atoms with Gasteiger partial charge in [-0.05, 0) is 63.7 Å². The molecule has 2 heterocycles. The Morgan fingerprint density at radius 2 is 1.88 bits per heavy atom. The van der Waals surface area contributed by atoms with Crippen LogP contribution in [0, 0.1) is 5.82 Å². The van der Waals surface area contributed by atoms with Gasteiger partial charge in [-0.1, -0.05) is 12.1 Å². The van der Waals surface area contributed by atoms with Crippen molar-refractivity contribution in [2.45, 2.75) is 70.2 Å². The van der Waals surface area contributed by atoms with Crippen LogP contribution in [0.15, 0.2) is 30.3 Å². The predicted octanol–water partition coefficient (Wildman–Crippen LogP) is 4.23. The van der Waals surface area contributed by atoms with Crippen molar-refractivity contribution in [2.24, 2.45) is 0 Å². The lowest BCUT2D eigenvalue weighted by atomic mass is 9.75. The molecule has 0 bridgehead atoms. The quantitative estimate of drug-likeness (QED) is 0.484. The topological polar surface area (TPSA) is 63.2 Å². The maximum atomic E-state index is 15.0. The zero-order valence-corrected chi connectivity index (χ0v) is 20.3. The molecule has 2 aliphatic heterocycles. The first kappa shape index (κ1) is 23.2. The smallest absolute Gasteiger partial charge is 0.492 e. The van der Waals surface area contributed by atoms with Crippen LogP contribution in [0.1, 0.15) is 69.2 Å². The van der Waals surface area contributed by atoms with Gasteiger partial charge >= 0.3 is 13.1 Å². The Labute approximate surface area is 199 Å². The van der Waals surface area contributed by atoms with Crippen molar-refractivity contribution in [3.8, 4) is 11.5 Å². The molecule has 6 nitrogen and oxygen atoms in total. The average molecular weight is 468 g/mol. The highest BCUT2D eigenvalue weighted by Gasteiger charge is 2.52. The van der Waals surface area contributed by atoms with Gasteiger partial charge in [0.25, 0.3) is 0 Å². The number of benzene rings is 2. The Morgan fingerprint density at radius 3 is 2.59 bits per heavy atom. The number of methoxy groups -OCH3 is 1. The fraction of sp³-hybridized carbons (Fsp3) is 0.500. The van der Waals surface area contributed by atoms with Crippen molar-refractivity contribution in [3.05, 3.63) is 52.8 Å². The molecule has 5 rings (SSSR count). The number of ether oxygens (including phenoxy) is 3. The second kappa shape index (κ2) is 8.27. The van der Waals surface area contributed by atoms with E-state index in [0.717, 1.165) is 16.6 Å². The first-order chi connectivity index (χ1) is 16.1. The van der Waals surface area contributed by atoms with Crippen molar-refractivity contribution in [1.82, 2.24) is 0 Å². The number of halogens is 1. The molecule has 0 saturated carbocycles. The molecule has 0 N–H and O–H groups in total. The molecule has 8 heteroatoms. The summed E-state index contributed by atoms with van der Waals surface area (Å²) in [6.07, 6.45) is 1.20. The van der Waals surface area contributed by atoms with Crippen molar-refractivity contribution < 1.29 is 32.7 Å². The van der Waals surface area contributed by atoms with Crippen LogP contribution in [0.5, 0.6) is 11.5 Å². The van der Waals surface area contributed by atoms with E-state index in [1.54, 1.807) is 6.07 Å². The van der Waals surface area contributed by atoms with E-state index in [1.807, 2.05) is 45.9 Å². The van der Waals surface area contributed by atoms with E-state index in [1.165, 1.54) is 13.2 Å². The number of fused-ring (bicyclic) bond motifs is 2. The number of hydrogen-bond donors (Lipinski definition) is 0. The van der Waals surface area contributed by atoms with Gasteiger partial charge in [0.15, 0.2) is 0 Å². The van der Waals surface area contributed by atoms with Gasteiger partial charge in [-0.25, -0.2) is 4.39 Å². The molecule has 34 heavy (non-hydrogen) atoms. The van der Waals surface area contributed by atoms with E-state index in [0.29, 0.717) is 36.5 Å². The van der Waals surface area contributed by atoms with Crippen LogP contribution in [0.2, 0.25) is 0 Å². The summed E-state index contributed by atoms with van der Waals surface area (Å²) in [5.41, 5.74) is 2.35. The second-order valence-electron chi connectivity index (χ2n) is 10.3. The maximum Gasteiger partial charge on any atom is 0.495 e. The van der Waals surface area contributed by atoms with Crippen LogP contribution in [0.3, 0.4) is 0 Å². The van der Waals surface area contributed by atoms with E-state index in [9.17, 15) is 4.79 Å². The van der Waals surface area contributed by atoms with Crippen LogP contribution < -0.4 is 14.9 Å². The van der Waals surface area contributed by atoms with Crippen molar-refractivity contribution in [2.75, 3.05) is 13.7 Å². The van der Waals surface area contributed by atoms with Gasteiger partial charge in [-0.2, -0.15) is 0 Å². The van der Waals surface area contributed by atoms with Gasteiger partial charge in [-0.3, -0.25) is 4.79 Å². The van der Waals surface area contributed by atoms with Gasteiger partial charge in [0.2, 0.25) is 0 Å². The summed E-state index contributed by atoms with van der Waals surface area (Å²) in [4.78, 5) is 11.7. The summed E-state index contributed by atoms with van der Waals surface area (Å²) in [5.74, 6) is 0.710. The standard InChI is InChI=1S/C26H30BFO6/c1-25(2)26(3,4)34-27(33-25)19-9-10-20(28)24-18(19)8-11-21(24)32-16-6-7-17-15(12-23(29)30-5)14-31-22(17)13-16/h6-7,9-10,13,15,21H,8,11-12,14H2,1-5H3/t15?,21-/m1/s1. The molecule has 0 aromatic heterocycles.